The third kappa shape index (κ3) is 4.25. The summed E-state index contributed by atoms with van der Waals surface area (Å²) in [5.41, 5.74) is 7.04. The molecule has 4 aromatic carbocycles. The molecule has 1 heterocycles. The Balaban J connectivity index is 1.66. The Kier molecular flexibility index (Phi) is 5.30. The van der Waals surface area contributed by atoms with Gasteiger partial charge < -0.3 is 0 Å². The van der Waals surface area contributed by atoms with Gasteiger partial charge in [-0.1, -0.05) is 103 Å². The number of hydrogen-bond acceptors (Lipinski definition) is 2. The van der Waals surface area contributed by atoms with E-state index in [4.69, 9.17) is 21.6 Å². The molecule has 0 radical (unpaired) electrons. The van der Waals surface area contributed by atoms with Crippen molar-refractivity contribution in [1.82, 2.24) is 9.97 Å². The molecule has 0 amide bonds. The number of halogens is 1. The van der Waals surface area contributed by atoms with Gasteiger partial charge in [0.05, 0.1) is 11.4 Å². The zero-order valence-electron chi connectivity index (χ0n) is 16.7. The van der Waals surface area contributed by atoms with E-state index in [-0.39, 0.29) is 0 Å². The third-order valence-electron chi connectivity index (χ3n) is 5.14. The molecule has 148 valence electrons. The van der Waals surface area contributed by atoms with Crippen molar-refractivity contribution in [2.24, 2.45) is 0 Å². The Morgan fingerprint density at radius 2 is 0.903 bits per heavy atom. The predicted octanol–water partition coefficient (Wildman–Crippen LogP) is 7.80. The molecule has 0 N–H and O–H groups in total. The van der Waals surface area contributed by atoms with Crippen molar-refractivity contribution in [3.63, 3.8) is 0 Å². The van der Waals surface area contributed by atoms with Crippen molar-refractivity contribution >= 4 is 11.6 Å². The number of nitrogens with zero attached hydrogens (tertiary/aromatic N) is 2. The monoisotopic (exact) mass is 418 g/mol. The smallest absolute Gasteiger partial charge is 0.160 e. The van der Waals surface area contributed by atoms with Crippen molar-refractivity contribution in [1.29, 1.82) is 0 Å². The van der Waals surface area contributed by atoms with Gasteiger partial charge >= 0.3 is 0 Å². The summed E-state index contributed by atoms with van der Waals surface area (Å²) in [5, 5.41) is 0.719. The average Bonchev–Trinajstić information content (AvgIpc) is 2.85. The second-order valence-electron chi connectivity index (χ2n) is 7.29. The van der Waals surface area contributed by atoms with E-state index in [1.807, 2.05) is 66.7 Å². The largest absolute Gasteiger partial charge is 0.228 e. The molecule has 2 nitrogen and oxygen atoms in total. The Hall–Kier alpha value is -3.75. The second-order valence-corrected chi connectivity index (χ2v) is 7.72. The fraction of sp³-hybridized carbons (Fsp3) is 0. The minimum Gasteiger partial charge on any atom is -0.228 e. The van der Waals surface area contributed by atoms with E-state index in [9.17, 15) is 0 Å². The van der Waals surface area contributed by atoms with Crippen LogP contribution in [0.1, 0.15) is 0 Å². The summed E-state index contributed by atoms with van der Waals surface area (Å²) < 4.78 is 0. The topological polar surface area (TPSA) is 25.8 Å². The first-order valence-corrected chi connectivity index (χ1v) is 10.5. The molecule has 5 rings (SSSR count). The first kappa shape index (κ1) is 19.2. The van der Waals surface area contributed by atoms with Gasteiger partial charge in [0.2, 0.25) is 0 Å². The van der Waals surface area contributed by atoms with Crippen molar-refractivity contribution < 1.29 is 0 Å². The molecule has 31 heavy (non-hydrogen) atoms. The molecule has 0 saturated heterocycles. The van der Waals surface area contributed by atoms with E-state index in [2.05, 4.69) is 48.5 Å². The molecular formula is C28H19ClN2. The number of rotatable bonds is 4. The van der Waals surface area contributed by atoms with Crippen molar-refractivity contribution in [2.45, 2.75) is 0 Å². The third-order valence-corrected chi connectivity index (χ3v) is 5.38. The second kappa shape index (κ2) is 8.55. The summed E-state index contributed by atoms with van der Waals surface area (Å²) in [6.07, 6.45) is 0. The van der Waals surface area contributed by atoms with Crippen LogP contribution in [0.5, 0.6) is 0 Å². The maximum Gasteiger partial charge on any atom is 0.160 e. The molecule has 0 aliphatic heterocycles. The number of hydrogen-bond donors (Lipinski definition) is 0. The molecule has 0 fully saturated rings. The van der Waals surface area contributed by atoms with Crippen LogP contribution in [0.2, 0.25) is 5.02 Å². The highest BCUT2D eigenvalue weighted by molar-refractivity contribution is 6.30. The fourth-order valence-electron chi connectivity index (χ4n) is 3.60. The van der Waals surface area contributed by atoms with Crippen LogP contribution >= 0.6 is 11.6 Å². The van der Waals surface area contributed by atoms with Crippen LogP contribution in [0.4, 0.5) is 0 Å². The van der Waals surface area contributed by atoms with Gasteiger partial charge in [-0.15, -0.1) is 0 Å². The maximum absolute atomic E-state index is 6.20. The van der Waals surface area contributed by atoms with E-state index in [1.165, 1.54) is 0 Å². The molecule has 0 aliphatic rings. The van der Waals surface area contributed by atoms with Crippen LogP contribution < -0.4 is 0 Å². The fourth-order valence-corrected chi connectivity index (χ4v) is 3.79. The highest BCUT2D eigenvalue weighted by Gasteiger charge is 2.11. The minimum atomic E-state index is 0.698. The van der Waals surface area contributed by atoms with Crippen LogP contribution in [0.3, 0.4) is 0 Å². The summed E-state index contributed by atoms with van der Waals surface area (Å²) in [7, 11) is 0. The quantitative estimate of drug-likeness (QED) is 0.297. The zero-order chi connectivity index (χ0) is 21.0. The molecule has 0 saturated carbocycles. The van der Waals surface area contributed by atoms with Gasteiger partial charge in [-0.3, -0.25) is 0 Å². The first-order valence-electron chi connectivity index (χ1n) is 10.1. The Morgan fingerprint density at radius 1 is 0.419 bits per heavy atom. The van der Waals surface area contributed by atoms with Crippen LogP contribution in [-0.4, -0.2) is 9.97 Å². The lowest BCUT2D eigenvalue weighted by Gasteiger charge is -2.10. The van der Waals surface area contributed by atoms with Crippen molar-refractivity contribution in [3.8, 4) is 45.0 Å². The minimum absolute atomic E-state index is 0.698. The standard InChI is InChI=1S/C28H19ClN2/c29-25-16-8-14-23(18-25)22-13-7-15-24(17-22)28-30-26(20-9-3-1-4-10-20)19-27(31-28)21-11-5-2-6-12-21/h1-19H. The molecular weight excluding hydrogens is 400 g/mol. The van der Waals surface area contributed by atoms with Gasteiger partial charge in [-0.2, -0.15) is 0 Å². The number of aromatic nitrogens is 2. The number of benzene rings is 4. The van der Waals surface area contributed by atoms with Crippen molar-refractivity contribution in [2.75, 3.05) is 0 Å². The van der Waals surface area contributed by atoms with E-state index >= 15 is 0 Å². The summed E-state index contributed by atoms with van der Waals surface area (Å²) >= 11 is 6.20. The van der Waals surface area contributed by atoms with E-state index < -0.39 is 0 Å². The lowest BCUT2D eigenvalue weighted by molar-refractivity contribution is 1.18. The van der Waals surface area contributed by atoms with Crippen LogP contribution in [0, 0.1) is 0 Å². The lowest BCUT2D eigenvalue weighted by Crippen LogP contribution is -1.96. The molecule has 0 aliphatic carbocycles. The SMILES string of the molecule is Clc1cccc(-c2cccc(-c3nc(-c4ccccc4)cc(-c4ccccc4)n3)c2)c1. The van der Waals surface area contributed by atoms with Crippen molar-refractivity contribution in [3.05, 3.63) is 120 Å². The maximum atomic E-state index is 6.20. The summed E-state index contributed by atoms with van der Waals surface area (Å²) in [5.74, 6) is 0.698. The summed E-state index contributed by atoms with van der Waals surface area (Å²) in [6.45, 7) is 0. The molecule has 0 spiro atoms. The van der Waals surface area contributed by atoms with Gasteiger partial charge in [-0.05, 0) is 35.4 Å². The lowest BCUT2D eigenvalue weighted by atomic mass is 10.0. The Labute approximate surface area is 186 Å². The summed E-state index contributed by atoms with van der Waals surface area (Å²) in [6, 6.07) is 38.6. The molecule has 0 atom stereocenters. The Bertz CT molecular complexity index is 1270. The van der Waals surface area contributed by atoms with Gasteiger partial charge in [0.15, 0.2) is 5.82 Å². The van der Waals surface area contributed by atoms with E-state index in [1.54, 1.807) is 0 Å². The molecule has 0 bridgehead atoms. The molecule has 1 aromatic heterocycles. The van der Waals surface area contributed by atoms with Gasteiger partial charge in [0.25, 0.3) is 0 Å². The highest BCUT2D eigenvalue weighted by Crippen LogP contribution is 2.30. The van der Waals surface area contributed by atoms with Gasteiger partial charge in [0, 0.05) is 21.7 Å². The molecule has 3 heteroatoms. The molecule has 5 aromatic rings. The van der Waals surface area contributed by atoms with Crippen LogP contribution in [0.25, 0.3) is 45.0 Å². The van der Waals surface area contributed by atoms with E-state index in [0.717, 1.165) is 44.2 Å². The molecule has 0 unspecified atom stereocenters. The average molecular weight is 419 g/mol. The predicted molar refractivity (Wildman–Crippen MR) is 129 cm³/mol. The van der Waals surface area contributed by atoms with Crippen LogP contribution in [-0.2, 0) is 0 Å². The Morgan fingerprint density at radius 3 is 1.48 bits per heavy atom. The summed E-state index contributed by atoms with van der Waals surface area (Å²) in [4.78, 5) is 9.83. The van der Waals surface area contributed by atoms with Gasteiger partial charge in [0.1, 0.15) is 0 Å². The highest BCUT2D eigenvalue weighted by atomic mass is 35.5. The zero-order valence-corrected chi connectivity index (χ0v) is 17.5. The normalized spacial score (nSPS) is 10.7. The van der Waals surface area contributed by atoms with Crippen LogP contribution in [0.15, 0.2) is 115 Å². The first-order chi connectivity index (χ1) is 15.3. The van der Waals surface area contributed by atoms with E-state index in [0.29, 0.717) is 5.82 Å². The van der Waals surface area contributed by atoms with Gasteiger partial charge in [-0.25, -0.2) is 9.97 Å².